The third-order valence-electron chi connectivity index (χ3n) is 3.38. The minimum atomic E-state index is -0.202. The number of anilines is 1. The van der Waals surface area contributed by atoms with Crippen molar-refractivity contribution in [2.24, 2.45) is 0 Å². The molecule has 3 rings (SSSR count). The Hall–Kier alpha value is -2.17. The van der Waals surface area contributed by atoms with Crippen LogP contribution in [0.3, 0.4) is 0 Å². The molecule has 5 heteroatoms. The summed E-state index contributed by atoms with van der Waals surface area (Å²) in [5.74, 6) is 1.51. The molecular formula is C15H16FN3O. The van der Waals surface area contributed by atoms with Crippen molar-refractivity contribution in [3.63, 3.8) is 0 Å². The van der Waals surface area contributed by atoms with Gasteiger partial charge in [0.1, 0.15) is 17.5 Å². The van der Waals surface area contributed by atoms with Gasteiger partial charge >= 0.3 is 0 Å². The maximum Gasteiger partial charge on any atom is 0.252 e. The zero-order valence-electron chi connectivity index (χ0n) is 11.0. The average Bonchev–Trinajstić information content (AvgIpc) is 3.25. The van der Waals surface area contributed by atoms with Gasteiger partial charge in [-0.3, -0.25) is 4.79 Å². The van der Waals surface area contributed by atoms with E-state index < -0.39 is 0 Å². The highest BCUT2D eigenvalue weighted by atomic mass is 19.1. The molecule has 104 valence electrons. The largest absolute Gasteiger partial charge is 0.370 e. The second kappa shape index (κ2) is 5.45. The molecule has 1 heterocycles. The van der Waals surface area contributed by atoms with E-state index in [1.54, 1.807) is 12.1 Å². The fourth-order valence-electron chi connectivity index (χ4n) is 2.14. The molecule has 1 fully saturated rings. The molecule has 2 aromatic rings. The highest BCUT2D eigenvalue weighted by Crippen LogP contribution is 2.37. The second-order valence-corrected chi connectivity index (χ2v) is 5.06. The SMILES string of the molecule is O=c1cc(NCCc2ccccc2F)nc(C2CC2)[nH]1. The normalized spacial score (nSPS) is 14.2. The minimum absolute atomic E-state index is 0.143. The summed E-state index contributed by atoms with van der Waals surface area (Å²) in [6, 6.07) is 8.14. The summed E-state index contributed by atoms with van der Waals surface area (Å²) in [6.07, 6.45) is 2.73. The van der Waals surface area contributed by atoms with Crippen LogP contribution < -0.4 is 10.9 Å². The number of halogens is 1. The molecule has 0 saturated heterocycles. The number of H-pyrrole nitrogens is 1. The Morgan fingerprint density at radius 2 is 2.15 bits per heavy atom. The molecule has 0 radical (unpaired) electrons. The monoisotopic (exact) mass is 273 g/mol. The van der Waals surface area contributed by atoms with E-state index in [2.05, 4.69) is 15.3 Å². The summed E-state index contributed by atoms with van der Waals surface area (Å²) >= 11 is 0. The van der Waals surface area contributed by atoms with Crippen molar-refractivity contribution in [2.75, 3.05) is 11.9 Å². The topological polar surface area (TPSA) is 57.8 Å². The molecule has 20 heavy (non-hydrogen) atoms. The van der Waals surface area contributed by atoms with E-state index in [1.165, 1.54) is 12.1 Å². The Labute approximate surface area is 116 Å². The number of nitrogens with zero attached hydrogens (tertiary/aromatic N) is 1. The van der Waals surface area contributed by atoms with Crippen molar-refractivity contribution >= 4 is 5.82 Å². The van der Waals surface area contributed by atoms with Crippen LogP contribution in [0.15, 0.2) is 35.1 Å². The first kappa shape index (κ1) is 12.8. The Bertz CT molecular complexity index is 664. The number of benzene rings is 1. The van der Waals surface area contributed by atoms with Crippen LogP contribution in [0.5, 0.6) is 0 Å². The van der Waals surface area contributed by atoms with Crippen LogP contribution in [0.4, 0.5) is 10.2 Å². The fourth-order valence-corrected chi connectivity index (χ4v) is 2.14. The maximum atomic E-state index is 13.5. The summed E-state index contributed by atoms with van der Waals surface area (Å²) in [4.78, 5) is 18.7. The molecule has 1 aliphatic carbocycles. The van der Waals surface area contributed by atoms with Crippen LogP contribution in [-0.4, -0.2) is 16.5 Å². The lowest BCUT2D eigenvalue weighted by Gasteiger charge is -2.07. The van der Waals surface area contributed by atoms with Gasteiger partial charge in [0.25, 0.3) is 5.56 Å². The van der Waals surface area contributed by atoms with Gasteiger partial charge < -0.3 is 10.3 Å². The Morgan fingerprint density at radius 3 is 2.90 bits per heavy atom. The van der Waals surface area contributed by atoms with E-state index in [4.69, 9.17) is 0 Å². The molecule has 0 spiro atoms. The van der Waals surface area contributed by atoms with E-state index in [1.807, 2.05) is 6.07 Å². The molecule has 1 aromatic heterocycles. The van der Waals surface area contributed by atoms with Gasteiger partial charge in [-0.25, -0.2) is 9.37 Å². The number of aromatic nitrogens is 2. The minimum Gasteiger partial charge on any atom is -0.370 e. The smallest absolute Gasteiger partial charge is 0.252 e. The Kier molecular flexibility index (Phi) is 3.50. The average molecular weight is 273 g/mol. The van der Waals surface area contributed by atoms with Gasteiger partial charge in [0.2, 0.25) is 0 Å². The maximum absolute atomic E-state index is 13.5. The van der Waals surface area contributed by atoms with Crippen LogP contribution in [0.2, 0.25) is 0 Å². The van der Waals surface area contributed by atoms with Crippen molar-refractivity contribution in [3.8, 4) is 0 Å². The van der Waals surface area contributed by atoms with E-state index in [-0.39, 0.29) is 11.4 Å². The zero-order valence-corrected chi connectivity index (χ0v) is 11.0. The van der Waals surface area contributed by atoms with Gasteiger partial charge in [0.15, 0.2) is 0 Å². The lowest BCUT2D eigenvalue weighted by atomic mass is 10.1. The molecule has 0 atom stereocenters. The van der Waals surface area contributed by atoms with Crippen LogP contribution in [-0.2, 0) is 6.42 Å². The first-order chi connectivity index (χ1) is 9.72. The number of aromatic amines is 1. The Morgan fingerprint density at radius 1 is 1.35 bits per heavy atom. The lowest BCUT2D eigenvalue weighted by Crippen LogP contribution is -2.15. The number of hydrogen-bond donors (Lipinski definition) is 2. The number of nitrogens with one attached hydrogen (secondary N) is 2. The predicted octanol–water partition coefficient (Wildman–Crippen LogP) is 2.44. The van der Waals surface area contributed by atoms with E-state index >= 15 is 0 Å². The third-order valence-corrected chi connectivity index (χ3v) is 3.38. The fraction of sp³-hybridized carbons (Fsp3) is 0.333. The van der Waals surface area contributed by atoms with Crippen LogP contribution in [0, 0.1) is 5.82 Å². The van der Waals surface area contributed by atoms with Gasteiger partial charge in [0.05, 0.1) is 0 Å². The van der Waals surface area contributed by atoms with Crippen molar-refractivity contribution in [3.05, 3.63) is 57.9 Å². The van der Waals surface area contributed by atoms with Crippen molar-refractivity contribution in [1.82, 2.24) is 9.97 Å². The summed E-state index contributed by atoms with van der Waals surface area (Å²) in [5, 5.41) is 3.09. The molecule has 2 N–H and O–H groups in total. The van der Waals surface area contributed by atoms with Crippen LogP contribution in [0.1, 0.15) is 30.1 Å². The third kappa shape index (κ3) is 3.04. The van der Waals surface area contributed by atoms with E-state index in [0.717, 1.165) is 18.7 Å². The van der Waals surface area contributed by atoms with Gasteiger partial charge in [-0.2, -0.15) is 0 Å². The lowest BCUT2D eigenvalue weighted by molar-refractivity contribution is 0.610. The molecule has 0 amide bonds. The van der Waals surface area contributed by atoms with Crippen molar-refractivity contribution in [2.45, 2.75) is 25.2 Å². The molecule has 0 aliphatic heterocycles. The molecular weight excluding hydrogens is 257 g/mol. The first-order valence-corrected chi connectivity index (χ1v) is 6.81. The highest BCUT2D eigenvalue weighted by molar-refractivity contribution is 5.34. The number of rotatable bonds is 5. The standard InChI is InChI=1S/C15H16FN3O/c16-12-4-2-1-3-10(12)7-8-17-13-9-14(20)19-15(18-13)11-5-6-11/h1-4,9,11H,5-8H2,(H2,17,18,19,20). The zero-order chi connectivity index (χ0) is 13.9. The summed E-state index contributed by atoms with van der Waals surface area (Å²) in [7, 11) is 0. The highest BCUT2D eigenvalue weighted by Gasteiger charge is 2.26. The molecule has 0 unspecified atom stereocenters. The van der Waals surface area contributed by atoms with Gasteiger partial charge in [-0.15, -0.1) is 0 Å². The molecule has 1 aliphatic rings. The summed E-state index contributed by atoms with van der Waals surface area (Å²) < 4.78 is 13.5. The predicted molar refractivity (Wildman–Crippen MR) is 75.4 cm³/mol. The van der Waals surface area contributed by atoms with Gasteiger partial charge in [-0.05, 0) is 30.9 Å². The quantitative estimate of drug-likeness (QED) is 0.879. The second-order valence-electron chi connectivity index (χ2n) is 5.06. The summed E-state index contributed by atoms with van der Waals surface area (Å²) in [5.41, 5.74) is 0.516. The Balaban J connectivity index is 1.64. The van der Waals surface area contributed by atoms with Crippen LogP contribution in [0.25, 0.3) is 0 Å². The molecule has 1 saturated carbocycles. The number of hydrogen-bond acceptors (Lipinski definition) is 3. The first-order valence-electron chi connectivity index (χ1n) is 6.81. The molecule has 0 bridgehead atoms. The van der Waals surface area contributed by atoms with Gasteiger partial charge in [-0.1, -0.05) is 18.2 Å². The van der Waals surface area contributed by atoms with E-state index in [0.29, 0.717) is 30.3 Å². The van der Waals surface area contributed by atoms with Gasteiger partial charge in [0, 0.05) is 18.5 Å². The molecule has 1 aromatic carbocycles. The summed E-state index contributed by atoms with van der Waals surface area (Å²) in [6.45, 7) is 0.543. The van der Waals surface area contributed by atoms with Crippen LogP contribution >= 0.6 is 0 Å². The molecule has 4 nitrogen and oxygen atoms in total. The van der Waals surface area contributed by atoms with Crippen molar-refractivity contribution < 1.29 is 4.39 Å². The van der Waals surface area contributed by atoms with Crippen molar-refractivity contribution in [1.29, 1.82) is 0 Å². The van der Waals surface area contributed by atoms with E-state index in [9.17, 15) is 9.18 Å².